The monoisotopic (exact) mass is 301 g/mol. The van der Waals surface area contributed by atoms with Gasteiger partial charge in [0.05, 0.1) is 6.61 Å². The van der Waals surface area contributed by atoms with Gasteiger partial charge in [-0.15, -0.1) is 10.2 Å². The van der Waals surface area contributed by atoms with Crippen molar-refractivity contribution in [3.63, 3.8) is 0 Å². The van der Waals surface area contributed by atoms with Gasteiger partial charge in [0.25, 0.3) is 0 Å². The molecule has 0 aliphatic heterocycles. The van der Waals surface area contributed by atoms with Crippen LogP contribution in [0, 0.1) is 6.92 Å². The smallest absolute Gasteiger partial charge is 0.435 e. The third kappa shape index (κ3) is 3.01. The zero-order valence-corrected chi connectivity index (χ0v) is 11.1. The van der Waals surface area contributed by atoms with Crippen molar-refractivity contribution in [3.8, 4) is 11.4 Å². The Morgan fingerprint density at radius 2 is 2.05 bits per heavy atom. The summed E-state index contributed by atoms with van der Waals surface area (Å²) < 4.78 is 47.0. The largest absolute Gasteiger partial charge is 0.462 e. The van der Waals surface area contributed by atoms with Crippen LogP contribution in [0.1, 0.15) is 28.7 Å². The van der Waals surface area contributed by atoms with Crippen molar-refractivity contribution < 1.29 is 27.2 Å². The molecule has 0 fully saturated rings. The Morgan fingerprint density at radius 1 is 1.33 bits per heavy atom. The minimum atomic E-state index is -4.59. The van der Waals surface area contributed by atoms with E-state index in [1.807, 2.05) is 0 Å². The summed E-state index contributed by atoms with van der Waals surface area (Å²) in [5.41, 5.74) is -1.13. The van der Waals surface area contributed by atoms with Gasteiger partial charge in [0, 0.05) is 0 Å². The summed E-state index contributed by atoms with van der Waals surface area (Å²) in [6, 6.07) is 1.82. The fourth-order valence-corrected chi connectivity index (χ4v) is 1.60. The molecule has 2 rings (SSSR count). The predicted molar refractivity (Wildman–Crippen MR) is 63.2 cm³/mol. The number of rotatable bonds is 3. The molecule has 0 radical (unpaired) electrons. The molecule has 6 nitrogen and oxygen atoms in total. The summed E-state index contributed by atoms with van der Waals surface area (Å²) >= 11 is 0. The Bertz CT molecular complexity index is 650. The number of hydrogen-bond donors (Lipinski definition) is 0. The number of esters is 1. The maximum Gasteiger partial charge on any atom is 0.435 e. The van der Waals surface area contributed by atoms with E-state index >= 15 is 0 Å². The molecule has 0 aliphatic carbocycles. The van der Waals surface area contributed by atoms with E-state index in [1.165, 1.54) is 6.92 Å². The lowest BCUT2D eigenvalue weighted by Crippen LogP contribution is -2.10. The highest BCUT2D eigenvalue weighted by atomic mass is 19.4. The fourth-order valence-electron chi connectivity index (χ4n) is 1.60. The van der Waals surface area contributed by atoms with Gasteiger partial charge in [0.15, 0.2) is 5.69 Å². The van der Waals surface area contributed by atoms with E-state index in [4.69, 9.17) is 9.26 Å². The molecular weight excluding hydrogens is 291 g/mol. The van der Waals surface area contributed by atoms with E-state index in [1.54, 1.807) is 6.92 Å². The molecule has 2 aromatic rings. The van der Waals surface area contributed by atoms with Crippen LogP contribution in [-0.2, 0) is 10.9 Å². The first-order valence-electron chi connectivity index (χ1n) is 5.89. The number of hydrogen-bond acceptors (Lipinski definition) is 6. The van der Waals surface area contributed by atoms with Crippen LogP contribution in [-0.4, -0.2) is 27.9 Å². The molecular formula is C12H10F3N3O3. The molecule has 0 spiro atoms. The van der Waals surface area contributed by atoms with Crippen LogP contribution in [0.3, 0.4) is 0 Å². The van der Waals surface area contributed by atoms with Crippen molar-refractivity contribution in [2.24, 2.45) is 0 Å². The zero-order chi connectivity index (χ0) is 15.6. The number of carbonyl (C=O) groups is 1. The van der Waals surface area contributed by atoms with Gasteiger partial charge in [-0.25, -0.2) is 4.79 Å². The van der Waals surface area contributed by atoms with Crippen molar-refractivity contribution in [1.29, 1.82) is 0 Å². The highest BCUT2D eigenvalue weighted by Gasteiger charge is 2.33. The van der Waals surface area contributed by atoms with Crippen LogP contribution in [0.25, 0.3) is 11.4 Å². The molecule has 0 aliphatic rings. The van der Waals surface area contributed by atoms with E-state index in [0.29, 0.717) is 0 Å². The van der Waals surface area contributed by atoms with Crippen LogP contribution in [0.5, 0.6) is 0 Å². The number of halogens is 3. The van der Waals surface area contributed by atoms with Crippen LogP contribution >= 0.6 is 0 Å². The number of nitrogens with zero attached hydrogens (tertiary/aromatic N) is 3. The van der Waals surface area contributed by atoms with Crippen molar-refractivity contribution in [2.75, 3.05) is 6.61 Å². The van der Waals surface area contributed by atoms with Crippen LogP contribution < -0.4 is 0 Å². The first-order valence-corrected chi connectivity index (χ1v) is 5.89. The fraction of sp³-hybridized carbons (Fsp3) is 0.333. The van der Waals surface area contributed by atoms with E-state index in [2.05, 4.69) is 15.4 Å². The van der Waals surface area contributed by atoms with Gasteiger partial charge >= 0.3 is 12.1 Å². The molecule has 21 heavy (non-hydrogen) atoms. The molecule has 0 saturated heterocycles. The van der Waals surface area contributed by atoms with Crippen LogP contribution in [0.2, 0.25) is 0 Å². The molecule has 0 aromatic carbocycles. The first-order chi connectivity index (χ1) is 9.84. The lowest BCUT2D eigenvalue weighted by Gasteiger charge is -2.05. The van der Waals surface area contributed by atoms with Gasteiger partial charge in [-0.2, -0.15) is 13.2 Å². The minimum Gasteiger partial charge on any atom is -0.462 e. The standard InChI is InChI=1S/C12H10F3N3O3/c1-3-20-11(19)9-6(2)21-18-10(9)7-4-5-8(17-16-7)12(13,14)15/h4-5H,3H2,1-2H3. The summed E-state index contributed by atoms with van der Waals surface area (Å²) in [5, 5.41) is 10.1. The second kappa shape index (κ2) is 5.51. The highest BCUT2D eigenvalue weighted by molar-refractivity contribution is 5.96. The lowest BCUT2D eigenvalue weighted by molar-refractivity contribution is -0.141. The zero-order valence-electron chi connectivity index (χ0n) is 11.1. The summed E-state index contributed by atoms with van der Waals surface area (Å²) in [7, 11) is 0. The average Bonchev–Trinajstić information content (AvgIpc) is 2.80. The Labute approximate surface area is 116 Å². The average molecular weight is 301 g/mol. The van der Waals surface area contributed by atoms with Gasteiger partial charge in [0.2, 0.25) is 0 Å². The van der Waals surface area contributed by atoms with Crippen molar-refractivity contribution >= 4 is 5.97 Å². The van der Waals surface area contributed by atoms with Crippen molar-refractivity contribution in [2.45, 2.75) is 20.0 Å². The van der Waals surface area contributed by atoms with Gasteiger partial charge in [-0.1, -0.05) is 5.16 Å². The molecule has 2 heterocycles. The maximum absolute atomic E-state index is 12.4. The van der Waals surface area contributed by atoms with Crippen LogP contribution in [0.15, 0.2) is 16.7 Å². The lowest BCUT2D eigenvalue weighted by atomic mass is 10.1. The van der Waals surface area contributed by atoms with E-state index in [0.717, 1.165) is 12.1 Å². The quantitative estimate of drug-likeness (QED) is 0.811. The number of carbonyl (C=O) groups excluding carboxylic acids is 1. The maximum atomic E-state index is 12.4. The summed E-state index contributed by atoms with van der Waals surface area (Å²) in [5.74, 6) is -0.502. The molecule has 0 atom stereocenters. The van der Waals surface area contributed by atoms with Gasteiger partial charge in [-0.3, -0.25) is 0 Å². The predicted octanol–water partition coefficient (Wildman–Crippen LogP) is 2.64. The molecule has 2 aromatic heterocycles. The second-order valence-corrected chi connectivity index (χ2v) is 3.98. The Balaban J connectivity index is 2.41. The van der Waals surface area contributed by atoms with Crippen molar-refractivity contribution in [1.82, 2.24) is 15.4 Å². The van der Waals surface area contributed by atoms with Crippen LogP contribution in [0.4, 0.5) is 13.2 Å². The van der Waals surface area contributed by atoms with E-state index < -0.39 is 17.8 Å². The SMILES string of the molecule is CCOC(=O)c1c(-c2ccc(C(F)(F)F)nn2)noc1C. The number of aryl methyl sites for hydroxylation is 1. The molecule has 0 unspecified atom stereocenters. The molecule has 112 valence electrons. The molecule has 0 saturated carbocycles. The molecule has 0 bridgehead atoms. The number of aromatic nitrogens is 3. The van der Waals surface area contributed by atoms with Gasteiger partial charge < -0.3 is 9.26 Å². The summed E-state index contributed by atoms with van der Waals surface area (Å²) in [6.45, 7) is 3.25. The molecule has 0 N–H and O–H groups in total. The third-order valence-electron chi connectivity index (χ3n) is 2.54. The highest BCUT2D eigenvalue weighted by Crippen LogP contribution is 2.29. The molecule has 0 amide bonds. The van der Waals surface area contributed by atoms with Crippen molar-refractivity contribution in [3.05, 3.63) is 29.2 Å². The normalized spacial score (nSPS) is 11.5. The van der Waals surface area contributed by atoms with Gasteiger partial charge in [-0.05, 0) is 26.0 Å². The number of ether oxygens (including phenoxy) is 1. The summed E-state index contributed by atoms with van der Waals surface area (Å²) in [4.78, 5) is 11.8. The number of alkyl halides is 3. The summed E-state index contributed by atoms with van der Waals surface area (Å²) in [6.07, 6.45) is -4.59. The van der Waals surface area contributed by atoms with E-state index in [9.17, 15) is 18.0 Å². The van der Waals surface area contributed by atoms with E-state index in [-0.39, 0.29) is 29.3 Å². The second-order valence-electron chi connectivity index (χ2n) is 3.98. The molecule has 9 heteroatoms. The Kier molecular flexibility index (Phi) is 3.92. The first kappa shape index (κ1) is 14.9. The topological polar surface area (TPSA) is 78.1 Å². The van der Waals surface area contributed by atoms with Gasteiger partial charge in [0.1, 0.15) is 22.7 Å². The third-order valence-corrected chi connectivity index (χ3v) is 2.54. The Hall–Kier alpha value is -2.45. The Morgan fingerprint density at radius 3 is 2.57 bits per heavy atom. The minimum absolute atomic E-state index is 0.00725.